The molecule has 0 atom stereocenters. The Morgan fingerprint density at radius 1 is 1.16 bits per heavy atom. The van der Waals surface area contributed by atoms with Crippen molar-refractivity contribution in [3.63, 3.8) is 0 Å². The van der Waals surface area contributed by atoms with E-state index in [0.717, 1.165) is 0 Å². The minimum atomic E-state index is -0.421. The number of rotatable bonds is 4. The van der Waals surface area contributed by atoms with Crippen molar-refractivity contribution in [1.29, 1.82) is 5.26 Å². The zero-order valence-electron chi connectivity index (χ0n) is 13.5. The number of nitrogens with one attached hydrogen (secondary N) is 1. The summed E-state index contributed by atoms with van der Waals surface area (Å²) >= 11 is 0. The van der Waals surface area contributed by atoms with Gasteiger partial charge >= 0.3 is 0 Å². The van der Waals surface area contributed by atoms with Gasteiger partial charge in [-0.05, 0) is 36.8 Å². The van der Waals surface area contributed by atoms with Gasteiger partial charge in [-0.3, -0.25) is 4.79 Å². The van der Waals surface area contributed by atoms with Crippen LogP contribution in [0.3, 0.4) is 0 Å². The van der Waals surface area contributed by atoms with Crippen molar-refractivity contribution in [2.45, 2.75) is 13.5 Å². The number of pyridine rings is 1. The van der Waals surface area contributed by atoms with E-state index in [-0.39, 0.29) is 18.0 Å². The summed E-state index contributed by atoms with van der Waals surface area (Å²) in [6.07, 6.45) is 0. The zero-order chi connectivity index (χ0) is 17.8. The first-order chi connectivity index (χ1) is 12.1. The third kappa shape index (κ3) is 3.59. The molecule has 5 heteroatoms. The number of benzene rings is 2. The van der Waals surface area contributed by atoms with Crippen molar-refractivity contribution >= 4 is 0 Å². The Balaban J connectivity index is 1.92. The van der Waals surface area contributed by atoms with Gasteiger partial charge in [-0.1, -0.05) is 30.3 Å². The molecule has 0 aliphatic rings. The number of aromatic nitrogens is 1. The van der Waals surface area contributed by atoms with E-state index in [1.165, 1.54) is 6.07 Å². The second-order valence-electron chi connectivity index (χ2n) is 5.59. The lowest BCUT2D eigenvalue weighted by Crippen LogP contribution is -2.12. The van der Waals surface area contributed by atoms with Crippen molar-refractivity contribution in [3.8, 4) is 22.9 Å². The Bertz CT molecular complexity index is 1020. The average Bonchev–Trinajstić information content (AvgIpc) is 2.61. The van der Waals surface area contributed by atoms with Crippen molar-refractivity contribution in [3.05, 3.63) is 87.6 Å². The Morgan fingerprint density at radius 2 is 1.96 bits per heavy atom. The van der Waals surface area contributed by atoms with E-state index in [4.69, 9.17) is 4.74 Å². The van der Waals surface area contributed by atoms with Crippen LogP contribution in [0.15, 0.2) is 59.4 Å². The van der Waals surface area contributed by atoms with Crippen LogP contribution in [0.25, 0.3) is 11.1 Å². The van der Waals surface area contributed by atoms with Gasteiger partial charge in [-0.25, -0.2) is 4.39 Å². The molecule has 0 bridgehead atoms. The molecule has 25 heavy (non-hydrogen) atoms. The van der Waals surface area contributed by atoms with Crippen molar-refractivity contribution < 1.29 is 9.13 Å². The Kier molecular flexibility index (Phi) is 4.62. The largest absolute Gasteiger partial charge is 0.489 e. The van der Waals surface area contributed by atoms with Crippen LogP contribution in [0.1, 0.15) is 16.8 Å². The molecule has 3 aromatic rings. The van der Waals surface area contributed by atoms with Gasteiger partial charge < -0.3 is 9.72 Å². The second-order valence-corrected chi connectivity index (χ2v) is 5.59. The molecular formula is C20H15FN2O2. The number of aromatic amines is 1. The van der Waals surface area contributed by atoms with Crippen LogP contribution in [-0.4, -0.2) is 4.98 Å². The van der Waals surface area contributed by atoms with Gasteiger partial charge in [0.15, 0.2) is 0 Å². The van der Waals surface area contributed by atoms with Crippen LogP contribution in [0.2, 0.25) is 0 Å². The minimum Gasteiger partial charge on any atom is -0.489 e. The number of nitrogens with zero attached hydrogens (tertiary/aromatic N) is 1. The fourth-order valence-electron chi connectivity index (χ4n) is 2.56. The van der Waals surface area contributed by atoms with Gasteiger partial charge in [0.05, 0.1) is 0 Å². The van der Waals surface area contributed by atoms with Crippen LogP contribution in [0.4, 0.5) is 4.39 Å². The van der Waals surface area contributed by atoms with E-state index in [2.05, 4.69) is 4.98 Å². The molecule has 1 heterocycles. The number of H-pyrrole nitrogens is 1. The molecule has 2 aromatic carbocycles. The first-order valence-electron chi connectivity index (χ1n) is 7.69. The van der Waals surface area contributed by atoms with Gasteiger partial charge in [0.1, 0.15) is 29.8 Å². The molecule has 1 N–H and O–H groups in total. The van der Waals surface area contributed by atoms with E-state index >= 15 is 0 Å². The second kappa shape index (κ2) is 7.02. The van der Waals surface area contributed by atoms with Gasteiger partial charge in [0.2, 0.25) is 0 Å². The highest BCUT2D eigenvalue weighted by atomic mass is 19.1. The smallest absolute Gasteiger partial charge is 0.266 e. The Labute approximate surface area is 144 Å². The average molecular weight is 334 g/mol. The molecule has 0 radical (unpaired) electrons. The highest BCUT2D eigenvalue weighted by Gasteiger charge is 2.11. The summed E-state index contributed by atoms with van der Waals surface area (Å²) in [6, 6.07) is 17.1. The van der Waals surface area contributed by atoms with E-state index in [1.807, 2.05) is 6.07 Å². The number of hydrogen-bond donors (Lipinski definition) is 1. The van der Waals surface area contributed by atoms with Crippen molar-refractivity contribution in [1.82, 2.24) is 4.98 Å². The lowest BCUT2D eigenvalue weighted by atomic mass is 10.0. The first kappa shape index (κ1) is 16.5. The molecule has 0 fully saturated rings. The summed E-state index contributed by atoms with van der Waals surface area (Å²) in [5.41, 5.74) is 1.98. The molecule has 0 spiro atoms. The van der Waals surface area contributed by atoms with Gasteiger partial charge in [0, 0.05) is 16.8 Å². The van der Waals surface area contributed by atoms with Crippen LogP contribution >= 0.6 is 0 Å². The number of hydrogen-bond acceptors (Lipinski definition) is 3. The van der Waals surface area contributed by atoms with Gasteiger partial charge in [0.25, 0.3) is 5.56 Å². The summed E-state index contributed by atoms with van der Waals surface area (Å²) in [5, 5.41) is 9.26. The van der Waals surface area contributed by atoms with Crippen LogP contribution < -0.4 is 10.3 Å². The Hall–Kier alpha value is -3.39. The lowest BCUT2D eigenvalue weighted by molar-refractivity contribution is 0.300. The minimum absolute atomic E-state index is 0.0526. The van der Waals surface area contributed by atoms with E-state index in [0.29, 0.717) is 28.1 Å². The SMILES string of the molecule is Cc1cc(-c2cccc(OCc3ccccc3F)c2)c(C#N)c(=O)[nH]1. The molecule has 0 amide bonds. The van der Waals surface area contributed by atoms with Gasteiger partial charge in [-0.2, -0.15) is 5.26 Å². The number of halogens is 1. The maximum absolute atomic E-state index is 13.7. The number of nitriles is 1. The maximum Gasteiger partial charge on any atom is 0.266 e. The summed E-state index contributed by atoms with van der Waals surface area (Å²) in [5.74, 6) is 0.207. The summed E-state index contributed by atoms with van der Waals surface area (Å²) < 4.78 is 19.3. The quantitative estimate of drug-likeness (QED) is 0.786. The predicted octanol–water partition coefficient (Wildman–Crippen LogP) is 3.94. The fraction of sp³-hybridized carbons (Fsp3) is 0.100. The molecule has 124 valence electrons. The van der Waals surface area contributed by atoms with E-state index in [9.17, 15) is 14.4 Å². The van der Waals surface area contributed by atoms with Crippen molar-refractivity contribution in [2.24, 2.45) is 0 Å². The molecular weight excluding hydrogens is 319 g/mol. The normalized spacial score (nSPS) is 10.3. The standard InChI is InChI=1S/C20H15FN2O2/c1-13-9-17(18(11-22)20(24)23-13)14-6-4-7-16(10-14)25-12-15-5-2-3-8-19(15)21/h2-10H,12H2,1H3,(H,23,24). The molecule has 1 aromatic heterocycles. The maximum atomic E-state index is 13.7. The third-order valence-electron chi connectivity index (χ3n) is 3.78. The Morgan fingerprint density at radius 3 is 2.72 bits per heavy atom. The molecule has 4 nitrogen and oxygen atoms in total. The summed E-state index contributed by atoms with van der Waals surface area (Å²) in [7, 11) is 0. The van der Waals surface area contributed by atoms with Crippen LogP contribution in [0, 0.1) is 24.1 Å². The highest BCUT2D eigenvalue weighted by Crippen LogP contribution is 2.26. The molecule has 0 saturated heterocycles. The molecule has 0 saturated carbocycles. The topological polar surface area (TPSA) is 65.9 Å². The van der Waals surface area contributed by atoms with Crippen molar-refractivity contribution in [2.75, 3.05) is 0 Å². The monoisotopic (exact) mass is 334 g/mol. The van der Waals surface area contributed by atoms with Crippen LogP contribution in [0.5, 0.6) is 5.75 Å². The van der Waals surface area contributed by atoms with E-state index < -0.39 is 5.56 Å². The number of ether oxygens (including phenoxy) is 1. The summed E-state index contributed by atoms with van der Waals surface area (Å²) in [6.45, 7) is 1.85. The van der Waals surface area contributed by atoms with Gasteiger partial charge in [-0.15, -0.1) is 0 Å². The lowest BCUT2D eigenvalue weighted by Gasteiger charge is -2.10. The fourth-order valence-corrected chi connectivity index (χ4v) is 2.56. The highest BCUT2D eigenvalue weighted by molar-refractivity contribution is 5.71. The van der Waals surface area contributed by atoms with E-state index in [1.54, 1.807) is 55.5 Å². The third-order valence-corrected chi connectivity index (χ3v) is 3.78. The molecule has 0 unspecified atom stereocenters. The molecule has 3 rings (SSSR count). The predicted molar refractivity (Wildman–Crippen MR) is 92.7 cm³/mol. The zero-order valence-corrected chi connectivity index (χ0v) is 13.5. The van der Waals surface area contributed by atoms with Crippen LogP contribution in [-0.2, 0) is 6.61 Å². The number of aryl methyl sites for hydroxylation is 1. The molecule has 0 aliphatic heterocycles. The first-order valence-corrected chi connectivity index (χ1v) is 7.69. The molecule has 0 aliphatic carbocycles. The summed E-state index contributed by atoms with van der Waals surface area (Å²) in [4.78, 5) is 14.6.